The van der Waals surface area contributed by atoms with Crippen molar-refractivity contribution in [2.45, 2.75) is 65.3 Å². The Kier molecular flexibility index (Phi) is 13.2. The van der Waals surface area contributed by atoms with Gasteiger partial charge in [0.25, 0.3) is 0 Å². The highest BCUT2D eigenvalue weighted by molar-refractivity contribution is 14.0. The van der Waals surface area contributed by atoms with Gasteiger partial charge in [-0.25, -0.2) is 4.99 Å². The molecule has 1 aromatic rings. The van der Waals surface area contributed by atoms with Crippen LogP contribution >= 0.6 is 24.0 Å². The number of guanidine groups is 1. The summed E-state index contributed by atoms with van der Waals surface area (Å²) in [5.74, 6) is 2.34. The highest BCUT2D eigenvalue weighted by Gasteiger charge is 2.31. The van der Waals surface area contributed by atoms with Crippen LogP contribution in [0.3, 0.4) is 0 Å². The van der Waals surface area contributed by atoms with Gasteiger partial charge < -0.3 is 25.2 Å². The second-order valence-corrected chi connectivity index (χ2v) is 7.92. The summed E-state index contributed by atoms with van der Waals surface area (Å²) >= 11 is 0. The monoisotopic (exact) mass is 533 g/mol. The summed E-state index contributed by atoms with van der Waals surface area (Å²) in [5, 5.41) is 16.4. The lowest BCUT2D eigenvalue weighted by atomic mass is 9.72. The quantitative estimate of drug-likeness (QED) is 0.222. The average molecular weight is 533 g/mol. The maximum Gasteiger partial charge on any atom is 0.191 e. The van der Waals surface area contributed by atoms with Crippen molar-refractivity contribution in [3.63, 3.8) is 0 Å². The number of benzene rings is 1. The molecule has 0 atom stereocenters. The smallest absolute Gasteiger partial charge is 0.191 e. The van der Waals surface area contributed by atoms with Gasteiger partial charge in [0.2, 0.25) is 0 Å². The fraction of sp³-hybridized carbons (Fsp3) is 0.696. The van der Waals surface area contributed by atoms with Crippen molar-refractivity contribution in [1.29, 1.82) is 0 Å². The zero-order valence-electron chi connectivity index (χ0n) is 18.8. The van der Waals surface area contributed by atoms with Crippen molar-refractivity contribution in [2.75, 3.05) is 33.4 Å². The number of hydrogen-bond acceptors (Lipinski definition) is 4. The highest BCUT2D eigenvalue weighted by Crippen LogP contribution is 2.38. The molecular formula is C23H40IN3O3. The minimum Gasteiger partial charge on any atom is -0.493 e. The number of aliphatic imine (C=N–C) groups is 1. The minimum atomic E-state index is 0. The van der Waals surface area contributed by atoms with Gasteiger partial charge in [-0.1, -0.05) is 32.3 Å². The topological polar surface area (TPSA) is 75.1 Å². The molecule has 7 heteroatoms. The van der Waals surface area contributed by atoms with E-state index in [4.69, 9.17) is 14.5 Å². The molecule has 0 amide bonds. The molecule has 2 rings (SSSR count). The molecule has 0 bridgehead atoms. The van der Waals surface area contributed by atoms with Crippen LogP contribution in [0.5, 0.6) is 11.5 Å². The molecule has 0 radical (unpaired) electrons. The van der Waals surface area contributed by atoms with Crippen molar-refractivity contribution < 1.29 is 14.6 Å². The van der Waals surface area contributed by atoms with Gasteiger partial charge in [0.05, 0.1) is 20.3 Å². The summed E-state index contributed by atoms with van der Waals surface area (Å²) in [6.07, 6.45) is 7.98. The Hall–Kier alpha value is -1.22. The van der Waals surface area contributed by atoms with E-state index in [-0.39, 0.29) is 36.0 Å². The Balaban J connectivity index is 0.00000450. The summed E-state index contributed by atoms with van der Waals surface area (Å²) in [6, 6.07) is 5.99. The van der Waals surface area contributed by atoms with Crippen LogP contribution in [0.2, 0.25) is 0 Å². The average Bonchev–Trinajstić information content (AvgIpc) is 2.75. The molecule has 1 saturated carbocycles. The molecule has 6 nitrogen and oxygen atoms in total. The predicted octanol–water partition coefficient (Wildman–Crippen LogP) is 4.49. The lowest BCUT2D eigenvalue weighted by Crippen LogP contribution is -2.44. The lowest BCUT2D eigenvalue weighted by molar-refractivity contribution is 0.131. The van der Waals surface area contributed by atoms with Gasteiger partial charge in [0.15, 0.2) is 17.5 Å². The van der Waals surface area contributed by atoms with Crippen LogP contribution in [-0.4, -0.2) is 44.5 Å². The molecule has 0 spiro atoms. The van der Waals surface area contributed by atoms with Crippen molar-refractivity contribution in [2.24, 2.45) is 10.4 Å². The van der Waals surface area contributed by atoms with Gasteiger partial charge in [-0.3, -0.25) is 0 Å². The Morgan fingerprint density at radius 1 is 1.13 bits per heavy atom. The minimum absolute atomic E-state index is 0. The standard InChI is InChI=1S/C23H39N3O3.HI/c1-4-15-29-20-10-9-19(16-21(20)28-3)17-25-22(24-5-2)26-18-23(13-14-27)11-7-6-8-12-23;/h9-10,16,27H,4-8,11-15,17-18H2,1-3H3,(H2,24,25,26);1H. The van der Waals surface area contributed by atoms with Crippen molar-refractivity contribution in [3.05, 3.63) is 23.8 Å². The molecule has 3 N–H and O–H groups in total. The molecule has 0 aliphatic heterocycles. The molecule has 172 valence electrons. The van der Waals surface area contributed by atoms with Crippen LogP contribution in [-0.2, 0) is 6.54 Å². The molecule has 30 heavy (non-hydrogen) atoms. The maximum atomic E-state index is 9.53. The molecule has 0 aromatic heterocycles. The third kappa shape index (κ3) is 8.49. The largest absolute Gasteiger partial charge is 0.493 e. The lowest BCUT2D eigenvalue weighted by Gasteiger charge is -2.37. The van der Waals surface area contributed by atoms with E-state index in [9.17, 15) is 5.11 Å². The number of nitrogens with zero attached hydrogens (tertiary/aromatic N) is 1. The van der Waals surface area contributed by atoms with Gasteiger partial charge in [-0.2, -0.15) is 0 Å². The number of rotatable bonds is 11. The number of ether oxygens (including phenoxy) is 2. The van der Waals surface area contributed by atoms with E-state index in [1.807, 2.05) is 18.2 Å². The zero-order chi connectivity index (χ0) is 21.0. The Morgan fingerprint density at radius 2 is 1.90 bits per heavy atom. The molecule has 0 heterocycles. The first-order chi connectivity index (χ1) is 14.2. The number of nitrogens with one attached hydrogen (secondary N) is 2. The molecule has 1 aliphatic carbocycles. The summed E-state index contributed by atoms with van der Waals surface area (Å²) in [7, 11) is 1.66. The van der Waals surface area contributed by atoms with E-state index in [1.54, 1.807) is 7.11 Å². The number of halogens is 1. The first kappa shape index (κ1) is 26.8. The van der Waals surface area contributed by atoms with Crippen LogP contribution in [0.4, 0.5) is 0 Å². The SMILES string of the molecule is CCCOc1ccc(CN=C(NCC)NCC2(CCO)CCCCC2)cc1OC.I. The van der Waals surface area contributed by atoms with E-state index < -0.39 is 0 Å². The van der Waals surface area contributed by atoms with Gasteiger partial charge in [-0.05, 0) is 55.7 Å². The molecule has 1 aliphatic rings. The summed E-state index contributed by atoms with van der Waals surface area (Å²) in [4.78, 5) is 4.76. The summed E-state index contributed by atoms with van der Waals surface area (Å²) < 4.78 is 11.2. The second kappa shape index (κ2) is 14.7. The van der Waals surface area contributed by atoms with E-state index in [0.717, 1.165) is 49.0 Å². The zero-order valence-corrected chi connectivity index (χ0v) is 21.2. The van der Waals surface area contributed by atoms with Gasteiger partial charge in [0.1, 0.15) is 0 Å². The number of methoxy groups -OCH3 is 1. The number of hydrogen-bond donors (Lipinski definition) is 3. The summed E-state index contributed by atoms with van der Waals surface area (Å²) in [6.45, 7) is 7.32. The molecule has 1 fully saturated rings. The molecule has 0 saturated heterocycles. The van der Waals surface area contributed by atoms with E-state index in [1.165, 1.54) is 32.1 Å². The van der Waals surface area contributed by atoms with Gasteiger partial charge >= 0.3 is 0 Å². The van der Waals surface area contributed by atoms with Crippen LogP contribution in [0, 0.1) is 5.41 Å². The molecule has 0 unspecified atom stereocenters. The maximum absolute atomic E-state index is 9.53. The van der Waals surface area contributed by atoms with E-state index >= 15 is 0 Å². The van der Waals surface area contributed by atoms with Gasteiger partial charge in [0, 0.05) is 19.7 Å². The first-order valence-electron chi connectivity index (χ1n) is 11.1. The van der Waals surface area contributed by atoms with Gasteiger partial charge in [-0.15, -0.1) is 24.0 Å². The summed E-state index contributed by atoms with van der Waals surface area (Å²) in [5.41, 5.74) is 1.26. The molecule has 1 aromatic carbocycles. The Labute approximate surface area is 199 Å². The first-order valence-corrected chi connectivity index (χ1v) is 11.1. The van der Waals surface area contributed by atoms with E-state index in [0.29, 0.717) is 13.2 Å². The van der Waals surface area contributed by atoms with Crippen molar-refractivity contribution >= 4 is 29.9 Å². The third-order valence-corrected chi connectivity index (χ3v) is 5.64. The van der Waals surface area contributed by atoms with Crippen LogP contribution in [0.1, 0.15) is 64.4 Å². The van der Waals surface area contributed by atoms with Crippen LogP contribution in [0.25, 0.3) is 0 Å². The Morgan fingerprint density at radius 3 is 2.53 bits per heavy atom. The highest BCUT2D eigenvalue weighted by atomic mass is 127. The van der Waals surface area contributed by atoms with Crippen molar-refractivity contribution in [1.82, 2.24) is 10.6 Å². The Bertz CT molecular complexity index is 629. The number of aliphatic hydroxyl groups excluding tert-OH is 1. The molecular weight excluding hydrogens is 493 g/mol. The van der Waals surface area contributed by atoms with Crippen LogP contribution < -0.4 is 20.1 Å². The predicted molar refractivity (Wildman–Crippen MR) is 134 cm³/mol. The van der Waals surface area contributed by atoms with E-state index in [2.05, 4.69) is 24.5 Å². The third-order valence-electron chi connectivity index (χ3n) is 5.64. The van der Waals surface area contributed by atoms with Crippen molar-refractivity contribution in [3.8, 4) is 11.5 Å². The fourth-order valence-electron chi connectivity index (χ4n) is 3.98. The van der Waals surface area contributed by atoms with Crippen LogP contribution in [0.15, 0.2) is 23.2 Å². The normalized spacial score (nSPS) is 15.8. The number of aliphatic hydroxyl groups is 1. The fourth-order valence-corrected chi connectivity index (χ4v) is 3.98. The second-order valence-electron chi connectivity index (χ2n) is 7.92.